The molecule has 1 saturated heterocycles. The molecule has 0 spiro atoms. The van der Waals surface area contributed by atoms with Gasteiger partial charge in [-0.05, 0) is 6.92 Å². The van der Waals surface area contributed by atoms with Crippen LogP contribution in [-0.4, -0.2) is 58.5 Å². The van der Waals surface area contributed by atoms with Crippen LogP contribution in [-0.2, 0) is 0 Å². The normalized spacial score (nSPS) is 29.4. The van der Waals surface area contributed by atoms with E-state index >= 15 is 0 Å². The monoisotopic (exact) mass is 233 g/mol. The molecule has 2 atom stereocenters. The summed E-state index contributed by atoms with van der Waals surface area (Å²) in [6.45, 7) is 8.36. The fraction of sp³-hybridized carbons (Fsp3) is 1.00. The van der Waals surface area contributed by atoms with E-state index in [1.165, 1.54) is 0 Å². The minimum absolute atomic E-state index is 0.0498. The topological polar surface area (TPSA) is 43.7 Å². The molecule has 2 N–H and O–H groups in total. The van der Waals surface area contributed by atoms with Crippen LogP contribution in [0.15, 0.2) is 0 Å². The molecule has 1 heterocycles. The third-order valence-electron chi connectivity index (χ3n) is 3.36. The molecule has 1 aliphatic rings. The van der Waals surface area contributed by atoms with Gasteiger partial charge in [0.1, 0.15) is 0 Å². The van der Waals surface area contributed by atoms with E-state index < -0.39 is 0 Å². The van der Waals surface area contributed by atoms with Gasteiger partial charge in [-0.25, -0.2) is 0 Å². The van der Waals surface area contributed by atoms with E-state index in [0.717, 1.165) is 18.8 Å². The molecule has 0 bridgehead atoms. The summed E-state index contributed by atoms with van der Waals surface area (Å²) in [6, 6.07) is 0.529. The van der Waals surface area contributed by atoms with Crippen molar-refractivity contribution in [3.63, 3.8) is 0 Å². The van der Waals surface area contributed by atoms with Gasteiger partial charge in [0.15, 0.2) is 0 Å². The van der Waals surface area contributed by atoms with Crippen LogP contribution in [0.1, 0.15) is 20.8 Å². The molecule has 15 heavy (non-hydrogen) atoms. The van der Waals surface area contributed by atoms with E-state index in [9.17, 15) is 10.2 Å². The largest absolute Gasteiger partial charge is 0.396 e. The average molecular weight is 233 g/mol. The van der Waals surface area contributed by atoms with Crippen molar-refractivity contribution >= 4 is 11.8 Å². The lowest BCUT2D eigenvalue weighted by Crippen LogP contribution is -2.50. The highest BCUT2D eigenvalue weighted by molar-refractivity contribution is 8.00. The molecule has 1 aliphatic heterocycles. The predicted octanol–water partition coefficient (Wildman–Crippen LogP) is 0.803. The van der Waals surface area contributed by atoms with Gasteiger partial charge in [0.05, 0.1) is 13.2 Å². The molecule has 1 fully saturated rings. The Bertz CT molecular complexity index is 197. The third kappa shape index (κ3) is 3.34. The lowest BCUT2D eigenvalue weighted by atomic mass is 9.91. The summed E-state index contributed by atoms with van der Waals surface area (Å²) in [5.74, 6) is 1.15. The Balaban J connectivity index is 2.56. The highest BCUT2D eigenvalue weighted by Gasteiger charge is 2.31. The Morgan fingerprint density at radius 2 is 1.93 bits per heavy atom. The van der Waals surface area contributed by atoms with Crippen molar-refractivity contribution in [1.82, 2.24) is 4.90 Å². The molecule has 0 amide bonds. The van der Waals surface area contributed by atoms with Gasteiger partial charge < -0.3 is 10.2 Å². The SMILES string of the molecule is CC1SCCN(CC(C)(CO)CO)C1C. The first-order valence-electron chi connectivity index (χ1n) is 5.60. The van der Waals surface area contributed by atoms with Gasteiger partial charge in [-0.1, -0.05) is 13.8 Å². The molecule has 0 aromatic carbocycles. The smallest absolute Gasteiger partial charge is 0.0519 e. The zero-order valence-corrected chi connectivity index (χ0v) is 10.8. The van der Waals surface area contributed by atoms with E-state index in [2.05, 4.69) is 18.7 Å². The molecule has 4 heteroatoms. The van der Waals surface area contributed by atoms with E-state index in [0.29, 0.717) is 11.3 Å². The van der Waals surface area contributed by atoms with Crippen molar-refractivity contribution in [2.24, 2.45) is 5.41 Å². The maximum atomic E-state index is 9.28. The van der Waals surface area contributed by atoms with Gasteiger partial charge in [0, 0.05) is 35.5 Å². The number of aliphatic hydroxyl groups is 2. The van der Waals surface area contributed by atoms with Gasteiger partial charge in [-0.2, -0.15) is 11.8 Å². The number of aliphatic hydroxyl groups excluding tert-OH is 2. The number of hydrogen-bond donors (Lipinski definition) is 2. The van der Waals surface area contributed by atoms with E-state index in [1.54, 1.807) is 0 Å². The second-order valence-electron chi connectivity index (χ2n) is 4.91. The van der Waals surface area contributed by atoms with Gasteiger partial charge in [0.2, 0.25) is 0 Å². The third-order valence-corrected chi connectivity index (χ3v) is 4.70. The lowest BCUT2D eigenvalue weighted by molar-refractivity contribution is 0.0250. The van der Waals surface area contributed by atoms with Crippen molar-refractivity contribution in [3.8, 4) is 0 Å². The molecule has 2 unspecified atom stereocenters. The van der Waals surface area contributed by atoms with Crippen LogP contribution in [0.3, 0.4) is 0 Å². The Morgan fingerprint density at radius 3 is 2.47 bits per heavy atom. The standard InChI is InChI=1S/C11H23NO2S/c1-9-10(2)15-5-4-12(9)6-11(3,7-13)8-14/h9-10,13-14H,4-8H2,1-3H3. The van der Waals surface area contributed by atoms with Crippen LogP contribution in [0.5, 0.6) is 0 Å². The van der Waals surface area contributed by atoms with Crippen LogP contribution in [0, 0.1) is 5.41 Å². The van der Waals surface area contributed by atoms with E-state index in [1.807, 2.05) is 18.7 Å². The van der Waals surface area contributed by atoms with Crippen molar-refractivity contribution in [2.45, 2.75) is 32.1 Å². The zero-order valence-electron chi connectivity index (χ0n) is 9.94. The molecule has 90 valence electrons. The van der Waals surface area contributed by atoms with Gasteiger partial charge in [-0.3, -0.25) is 4.90 Å². The summed E-state index contributed by atoms with van der Waals surface area (Å²) < 4.78 is 0. The fourth-order valence-electron chi connectivity index (χ4n) is 1.86. The molecule has 0 aromatic heterocycles. The first-order chi connectivity index (χ1) is 7.02. The van der Waals surface area contributed by atoms with Crippen LogP contribution < -0.4 is 0 Å². The van der Waals surface area contributed by atoms with E-state index in [4.69, 9.17) is 0 Å². The minimum Gasteiger partial charge on any atom is -0.396 e. The molecule has 0 radical (unpaired) electrons. The molecule has 1 rings (SSSR count). The summed E-state index contributed by atoms with van der Waals surface area (Å²) in [7, 11) is 0. The van der Waals surface area contributed by atoms with Crippen molar-refractivity contribution in [1.29, 1.82) is 0 Å². The summed E-state index contributed by atoms with van der Waals surface area (Å²) in [4.78, 5) is 2.38. The van der Waals surface area contributed by atoms with Crippen molar-refractivity contribution < 1.29 is 10.2 Å². The summed E-state index contributed by atoms with van der Waals surface area (Å²) in [5.41, 5.74) is -0.365. The minimum atomic E-state index is -0.365. The molecule has 3 nitrogen and oxygen atoms in total. The van der Waals surface area contributed by atoms with Crippen LogP contribution in [0.25, 0.3) is 0 Å². The first-order valence-corrected chi connectivity index (χ1v) is 6.64. The maximum Gasteiger partial charge on any atom is 0.0519 e. The van der Waals surface area contributed by atoms with E-state index in [-0.39, 0.29) is 18.6 Å². The van der Waals surface area contributed by atoms with Crippen LogP contribution in [0.2, 0.25) is 0 Å². The van der Waals surface area contributed by atoms with Gasteiger partial charge >= 0.3 is 0 Å². The first kappa shape index (κ1) is 13.3. The Morgan fingerprint density at radius 1 is 1.33 bits per heavy atom. The summed E-state index contributed by atoms with van der Waals surface area (Å²) in [6.07, 6.45) is 0. The van der Waals surface area contributed by atoms with Gasteiger partial charge in [0.25, 0.3) is 0 Å². The Kier molecular flexibility index (Phi) is 4.90. The second-order valence-corrected chi connectivity index (χ2v) is 6.40. The highest BCUT2D eigenvalue weighted by Crippen LogP contribution is 2.27. The number of rotatable bonds is 4. The Hall–Kier alpha value is 0.230. The van der Waals surface area contributed by atoms with Crippen molar-refractivity contribution in [3.05, 3.63) is 0 Å². The average Bonchev–Trinajstić information content (AvgIpc) is 2.25. The van der Waals surface area contributed by atoms with Crippen LogP contribution >= 0.6 is 11.8 Å². The Labute approximate surface area is 96.9 Å². The van der Waals surface area contributed by atoms with Crippen LogP contribution in [0.4, 0.5) is 0 Å². The molecular weight excluding hydrogens is 210 g/mol. The maximum absolute atomic E-state index is 9.28. The molecular formula is C11H23NO2S. The zero-order chi connectivity index (χ0) is 11.5. The van der Waals surface area contributed by atoms with Gasteiger partial charge in [-0.15, -0.1) is 0 Å². The summed E-state index contributed by atoms with van der Waals surface area (Å²) in [5, 5.41) is 19.2. The van der Waals surface area contributed by atoms with Crippen molar-refractivity contribution in [2.75, 3.05) is 32.1 Å². The second kappa shape index (κ2) is 5.53. The molecule has 0 aromatic rings. The predicted molar refractivity (Wildman–Crippen MR) is 65.2 cm³/mol. The molecule has 0 saturated carbocycles. The molecule has 0 aliphatic carbocycles. The number of hydrogen-bond acceptors (Lipinski definition) is 4. The quantitative estimate of drug-likeness (QED) is 0.754. The highest BCUT2D eigenvalue weighted by atomic mass is 32.2. The number of nitrogens with zero attached hydrogens (tertiary/aromatic N) is 1. The lowest BCUT2D eigenvalue weighted by Gasteiger charge is -2.41. The summed E-state index contributed by atoms with van der Waals surface area (Å²) >= 11 is 2.00. The fourth-order valence-corrected chi connectivity index (χ4v) is 3.02. The number of thioether (sulfide) groups is 1.